The van der Waals surface area contributed by atoms with E-state index in [4.69, 9.17) is 9.47 Å². The van der Waals surface area contributed by atoms with Gasteiger partial charge in [0.05, 0.1) is 19.8 Å². The summed E-state index contributed by atoms with van der Waals surface area (Å²) >= 11 is 0. The van der Waals surface area contributed by atoms with Gasteiger partial charge in [-0.1, -0.05) is 13.0 Å². The van der Waals surface area contributed by atoms with Gasteiger partial charge >= 0.3 is 5.97 Å². The first-order valence-corrected chi connectivity index (χ1v) is 10.0. The number of methoxy groups -OCH3 is 2. The third kappa shape index (κ3) is 2.44. The zero-order chi connectivity index (χ0) is 20.2. The van der Waals surface area contributed by atoms with E-state index in [1.807, 2.05) is 19.1 Å². The first-order chi connectivity index (χ1) is 13.3. The predicted octanol–water partition coefficient (Wildman–Crippen LogP) is 3.96. The molecule has 1 aromatic rings. The van der Waals surface area contributed by atoms with E-state index in [2.05, 4.69) is 6.07 Å². The number of carbonyl (C=O) groups is 2. The maximum Gasteiger partial charge on any atom is 0.337 e. The lowest BCUT2D eigenvalue weighted by atomic mass is 9.54. The monoisotopic (exact) mass is 384 g/mol. The third-order valence-electron chi connectivity index (χ3n) is 7.61. The summed E-state index contributed by atoms with van der Waals surface area (Å²) in [6, 6.07) is 5.98. The molecule has 0 radical (unpaired) electrons. The highest BCUT2D eigenvalue weighted by Gasteiger charge is 2.61. The van der Waals surface area contributed by atoms with E-state index in [1.54, 1.807) is 14.0 Å². The van der Waals surface area contributed by atoms with E-state index in [-0.39, 0.29) is 35.2 Å². The average molecular weight is 384 g/mol. The minimum Gasteiger partial charge on any atom is -0.511 e. The molecule has 5 nitrogen and oxygen atoms in total. The quantitative estimate of drug-likeness (QED) is 0.799. The third-order valence-corrected chi connectivity index (χ3v) is 7.61. The summed E-state index contributed by atoms with van der Waals surface area (Å²) in [5.74, 6) is 0.246. The minimum absolute atomic E-state index is 0.0546. The molecule has 0 aromatic heterocycles. The number of ketones is 1. The SMILES string of the molecule is COC(=O)C1=C(O)[C@]2(C)[C@@H](C(C)=O)CC[C@@H]2[C@H]2CCc3ccc(OC)cc3[C@@H]12. The molecule has 28 heavy (non-hydrogen) atoms. The number of fused-ring (bicyclic) bond motifs is 5. The minimum atomic E-state index is -0.701. The van der Waals surface area contributed by atoms with Gasteiger partial charge in [-0.3, -0.25) is 4.79 Å². The van der Waals surface area contributed by atoms with Crippen LogP contribution in [0.3, 0.4) is 0 Å². The summed E-state index contributed by atoms with van der Waals surface area (Å²) in [6.45, 7) is 3.56. The maximum atomic E-state index is 12.8. The Morgan fingerprint density at radius 1 is 1.18 bits per heavy atom. The van der Waals surface area contributed by atoms with Crippen LogP contribution in [-0.4, -0.2) is 31.1 Å². The molecule has 0 spiro atoms. The van der Waals surface area contributed by atoms with E-state index in [0.29, 0.717) is 5.57 Å². The molecule has 3 aliphatic carbocycles. The van der Waals surface area contributed by atoms with E-state index < -0.39 is 11.4 Å². The number of rotatable bonds is 3. The summed E-state index contributed by atoms with van der Waals surface area (Å²) in [7, 11) is 2.97. The van der Waals surface area contributed by atoms with Crippen LogP contribution in [0.5, 0.6) is 5.75 Å². The van der Waals surface area contributed by atoms with Crippen LogP contribution in [0.15, 0.2) is 29.5 Å². The van der Waals surface area contributed by atoms with Crippen molar-refractivity contribution in [2.75, 3.05) is 14.2 Å². The summed E-state index contributed by atoms with van der Waals surface area (Å²) in [5, 5.41) is 11.4. The fraction of sp³-hybridized carbons (Fsp3) is 0.565. The molecule has 0 saturated heterocycles. The van der Waals surface area contributed by atoms with Crippen LogP contribution in [0.1, 0.15) is 50.2 Å². The molecule has 150 valence electrons. The van der Waals surface area contributed by atoms with Crippen molar-refractivity contribution in [3.8, 4) is 5.75 Å². The zero-order valence-corrected chi connectivity index (χ0v) is 17.0. The van der Waals surface area contributed by atoms with Crippen molar-refractivity contribution in [2.24, 2.45) is 23.2 Å². The number of carbonyl (C=O) groups excluding carboxylic acids is 2. The Balaban J connectivity index is 1.96. The van der Waals surface area contributed by atoms with Crippen LogP contribution in [0, 0.1) is 23.2 Å². The highest BCUT2D eigenvalue weighted by molar-refractivity contribution is 5.92. The summed E-state index contributed by atoms with van der Waals surface area (Å²) in [4.78, 5) is 25.2. The number of aliphatic hydroxyl groups is 1. The number of esters is 1. The van der Waals surface area contributed by atoms with Crippen LogP contribution < -0.4 is 4.74 Å². The Bertz CT molecular complexity index is 870. The molecule has 3 aliphatic rings. The Kier molecular flexibility index (Phi) is 4.52. The summed E-state index contributed by atoms with van der Waals surface area (Å²) < 4.78 is 10.5. The number of aryl methyl sites for hydroxylation is 1. The molecule has 0 bridgehead atoms. The van der Waals surface area contributed by atoms with Gasteiger partial charge in [0.15, 0.2) is 0 Å². The first kappa shape index (κ1) is 19.0. The number of benzene rings is 1. The molecule has 5 atom stereocenters. The Morgan fingerprint density at radius 3 is 2.57 bits per heavy atom. The predicted molar refractivity (Wildman–Crippen MR) is 104 cm³/mol. The maximum absolute atomic E-state index is 12.8. The number of Topliss-reactive ketones (excluding diaryl/α,β-unsaturated/α-hetero) is 1. The van der Waals surface area contributed by atoms with Gasteiger partial charge in [0.1, 0.15) is 17.3 Å². The molecule has 0 heterocycles. The molecule has 4 rings (SSSR count). The molecule has 1 saturated carbocycles. The second kappa shape index (κ2) is 6.64. The van der Waals surface area contributed by atoms with Gasteiger partial charge < -0.3 is 14.6 Å². The van der Waals surface area contributed by atoms with Gasteiger partial charge in [0.2, 0.25) is 0 Å². The highest BCUT2D eigenvalue weighted by Crippen LogP contribution is 2.64. The van der Waals surface area contributed by atoms with Gasteiger partial charge in [-0.15, -0.1) is 0 Å². The normalized spacial score (nSPS) is 33.6. The molecule has 0 aliphatic heterocycles. The first-order valence-electron chi connectivity index (χ1n) is 10.0. The number of allylic oxidation sites excluding steroid dienone is 1. The van der Waals surface area contributed by atoms with Crippen molar-refractivity contribution < 1.29 is 24.2 Å². The molecular formula is C23H28O5. The van der Waals surface area contributed by atoms with Crippen LogP contribution in [-0.2, 0) is 20.7 Å². The van der Waals surface area contributed by atoms with E-state index in [1.165, 1.54) is 12.7 Å². The van der Waals surface area contributed by atoms with Gasteiger partial charge in [0.25, 0.3) is 0 Å². The fourth-order valence-electron chi connectivity index (χ4n) is 6.34. The largest absolute Gasteiger partial charge is 0.511 e. The van der Waals surface area contributed by atoms with Crippen molar-refractivity contribution in [3.63, 3.8) is 0 Å². The fourth-order valence-corrected chi connectivity index (χ4v) is 6.34. The van der Waals surface area contributed by atoms with Crippen molar-refractivity contribution in [1.29, 1.82) is 0 Å². The summed E-state index contributed by atoms with van der Waals surface area (Å²) in [6.07, 6.45) is 3.50. The van der Waals surface area contributed by atoms with Gasteiger partial charge in [-0.2, -0.15) is 0 Å². The molecule has 1 aromatic carbocycles. The number of hydrogen-bond acceptors (Lipinski definition) is 5. The van der Waals surface area contributed by atoms with Crippen molar-refractivity contribution in [3.05, 3.63) is 40.7 Å². The standard InChI is InChI=1S/C23H28O5/c1-12(24)17-9-10-18-15-8-6-13-5-7-14(27-3)11-16(13)19(15)20(22(26)28-4)21(25)23(17,18)2/h5,7,11,15,17-19,25H,6,8-10H2,1-4H3/t15-,17-,18-,19+,23-/m1/s1. The molecule has 0 unspecified atom stereocenters. The smallest absolute Gasteiger partial charge is 0.337 e. The second-order valence-corrected chi connectivity index (χ2v) is 8.63. The van der Waals surface area contributed by atoms with Crippen molar-refractivity contribution >= 4 is 11.8 Å². The van der Waals surface area contributed by atoms with Gasteiger partial charge in [-0.25, -0.2) is 4.79 Å². The molecule has 1 fully saturated rings. The number of ether oxygens (including phenoxy) is 2. The topological polar surface area (TPSA) is 72.8 Å². The Morgan fingerprint density at radius 2 is 1.93 bits per heavy atom. The van der Waals surface area contributed by atoms with Gasteiger partial charge in [0, 0.05) is 17.3 Å². The highest BCUT2D eigenvalue weighted by atomic mass is 16.5. The van der Waals surface area contributed by atoms with Crippen molar-refractivity contribution in [2.45, 2.75) is 45.4 Å². The van der Waals surface area contributed by atoms with Crippen LogP contribution in [0.2, 0.25) is 0 Å². The summed E-state index contributed by atoms with van der Waals surface area (Å²) in [5.41, 5.74) is 1.85. The second-order valence-electron chi connectivity index (χ2n) is 8.63. The zero-order valence-electron chi connectivity index (χ0n) is 17.0. The molecule has 0 amide bonds. The van der Waals surface area contributed by atoms with E-state index >= 15 is 0 Å². The Hall–Kier alpha value is -2.30. The molecular weight excluding hydrogens is 356 g/mol. The lowest BCUT2D eigenvalue weighted by Gasteiger charge is -2.50. The lowest BCUT2D eigenvalue weighted by molar-refractivity contribution is -0.138. The Labute approximate surface area is 165 Å². The van der Waals surface area contributed by atoms with Crippen LogP contribution in [0.4, 0.5) is 0 Å². The number of aliphatic hydroxyl groups excluding tert-OH is 1. The van der Waals surface area contributed by atoms with Crippen molar-refractivity contribution in [1.82, 2.24) is 0 Å². The lowest BCUT2D eigenvalue weighted by Crippen LogP contribution is -2.47. The van der Waals surface area contributed by atoms with Gasteiger partial charge in [-0.05, 0) is 67.7 Å². The van der Waals surface area contributed by atoms with E-state index in [0.717, 1.165) is 37.0 Å². The average Bonchev–Trinajstić information content (AvgIpc) is 3.06. The molecule has 1 N–H and O–H groups in total. The van der Waals surface area contributed by atoms with E-state index in [9.17, 15) is 14.7 Å². The molecule has 5 heteroatoms. The van der Waals surface area contributed by atoms with Crippen LogP contribution >= 0.6 is 0 Å². The van der Waals surface area contributed by atoms with Crippen LogP contribution in [0.25, 0.3) is 0 Å². The number of hydrogen-bond donors (Lipinski definition) is 1.